The molecule has 0 aliphatic carbocycles. The van der Waals surface area contributed by atoms with Crippen molar-refractivity contribution < 1.29 is 9.18 Å². The van der Waals surface area contributed by atoms with Gasteiger partial charge < -0.3 is 10.6 Å². The molecule has 2 aromatic carbocycles. The lowest BCUT2D eigenvalue weighted by atomic mass is 9.96. The first-order chi connectivity index (χ1) is 11.6. The molecule has 0 bridgehead atoms. The van der Waals surface area contributed by atoms with E-state index in [2.05, 4.69) is 36.6 Å². The van der Waals surface area contributed by atoms with Crippen LogP contribution in [-0.4, -0.2) is 19.0 Å². The van der Waals surface area contributed by atoms with Crippen molar-refractivity contribution in [3.05, 3.63) is 71.5 Å². The molecule has 1 atom stereocenters. The number of carbonyl (C=O) groups excluding carboxylic acids is 1. The monoisotopic (exact) mass is 328 g/mol. The highest BCUT2D eigenvalue weighted by molar-refractivity contribution is 5.78. The van der Waals surface area contributed by atoms with Crippen LogP contribution in [-0.2, 0) is 11.2 Å². The number of hydrogen-bond donors (Lipinski definition) is 2. The van der Waals surface area contributed by atoms with Crippen molar-refractivity contribution in [1.82, 2.24) is 10.6 Å². The number of benzene rings is 2. The molecule has 0 unspecified atom stereocenters. The summed E-state index contributed by atoms with van der Waals surface area (Å²) in [5.41, 5.74) is 1.79. The molecule has 24 heavy (non-hydrogen) atoms. The van der Waals surface area contributed by atoms with Gasteiger partial charge in [0.25, 0.3) is 0 Å². The van der Waals surface area contributed by atoms with E-state index in [1.165, 1.54) is 11.6 Å². The molecule has 2 N–H and O–H groups in total. The van der Waals surface area contributed by atoms with Crippen LogP contribution in [0.2, 0.25) is 0 Å². The Morgan fingerprint density at radius 1 is 1.04 bits per heavy atom. The highest BCUT2D eigenvalue weighted by atomic mass is 19.1. The number of nitrogens with one attached hydrogen (secondary N) is 2. The number of amides is 1. The van der Waals surface area contributed by atoms with E-state index in [0.29, 0.717) is 24.4 Å². The standard InChI is InChI=1S/C20H25FN2O/c1-15(2)20(17-9-4-3-5-10-17)23-14-19(24)22-13-12-16-8-6-7-11-18(16)21/h3-11,15,20,23H,12-14H2,1-2H3,(H,22,24)/t20-/m0/s1. The highest BCUT2D eigenvalue weighted by Gasteiger charge is 2.16. The second-order valence-electron chi connectivity index (χ2n) is 6.20. The van der Waals surface area contributed by atoms with Gasteiger partial charge in [-0.05, 0) is 29.5 Å². The molecule has 2 aromatic rings. The summed E-state index contributed by atoms with van der Waals surface area (Å²) >= 11 is 0. The molecule has 0 heterocycles. The summed E-state index contributed by atoms with van der Waals surface area (Å²) in [6.45, 7) is 4.93. The summed E-state index contributed by atoms with van der Waals surface area (Å²) in [6.07, 6.45) is 0.491. The minimum atomic E-state index is -0.228. The number of rotatable bonds is 8. The molecular formula is C20H25FN2O. The second kappa shape index (κ2) is 9.18. The van der Waals surface area contributed by atoms with Gasteiger partial charge in [-0.15, -0.1) is 0 Å². The summed E-state index contributed by atoms with van der Waals surface area (Å²) in [6, 6.07) is 16.9. The largest absolute Gasteiger partial charge is 0.355 e. The van der Waals surface area contributed by atoms with Gasteiger partial charge in [0.05, 0.1) is 6.54 Å². The molecule has 2 rings (SSSR count). The molecule has 1 amide bonds. The van der Waals surface area contributed by atoms with Gasteiger partial charge in [0, 0.05) is 12.6 Å². The van der Waals surface area contributed by atoms with E-state index < -0.39 is 0 Å². The summed E-state index contributed by atoms with van der Waals surface area (Å²) in [4.78, 5) is 12.0. The van der Waals surface area contributed by atoms with Crippen LogP contribution in [0, 0.1) is 11.7 Å². The summed E-state index contributed by atoms with van der Waals surface area (Å²) in [5, 5.41) is 6.15. The van der Waals surface area contributed by atoms with Crippen molar-refractivity contribution in [3.63, 3.8) is 0 Å². The molecule has 0 saturated heterocycles. The van der Waals surface area contributed by atoms with Crippen LogP contribution >= 0.6 is 0 Å². The summed E-state index contributed by atoms with van der Waals surface area (Å²) < 4.78 is 13.5. The van der Waals surface area contributed by atoms with Gasteiger partial charge in [0.15, 0.2) is 0 Å². The van der Waals surface area contributed by atoms with Crippen LogP contribution in [0.4, 0.5) is 4.39 Å². The molecule has 0 aromatic heterocycles. The van der Waals surface area contributed by atoms with Crippen LogP contribution in [0.5, 0.6) is 0 Å². The Morgan fingerprint density at radius 2 is 1.71 bits per heavy atom. The van der Waals surface area contributed by atoms with Crippen molar-refractivity contribution in [3.8, 4) is 0 Å². The van der Waals surface area contributed by atoms with E-state index in [1.807, 2.05) is 18.2 Å². The Morgan fingerprint density at radius 3 is 2.38 bits per heavy atom. The first-order valence-corrected chi connectivity index (χ1v) is 8.36. The quantitative estimate of drug-likeness (QED) is 0.779. The maximum Gasteiger partial charge on any atom is 0.233 e. The van der Waals surface area contributed by atoms with Crippen LogP contribution in [0.15, 0.2) is 54.6 Å². The van der Waals surface area contributed by atoms with Gasteiger partial charge in [0.1, 0.15) is 5.82 Å². The molecule has 128 valence electrons. The fourth-order valence-electron chi connectivity index (χ4n) is 2.70. The molecule has 0 fully saturated rings. The van der Waals surface area contributed by atoms with Crippen molar-refractivity contribution in [1.29, 1.82) is 0 Å². The lowest BCUT2D eigenvalue weighted by molar-refractivity contribution is -0.120. The van der Waals surface area contributed by atoms with E-state index in [4.69, 9.17) is 0 Å². The molecule has 0 spiro atoms. The highest BCUT2D eigenvalue weighted by Crippen LogP contribution is 2.20. The smallest absolute Gasteiger partial charge is 0.233 e. The van der Waals surface area contributed by atoms with Gasteiger partial charge in [-0.25, -0.2) is 4.39 Å². The predicted molar refractivity (Wildman–Crippen MR) is 95.1 cm³/mol. The van der Waals surface area contributed by atoms with Crippen LogP contribution in [0.3, 0.4) is 0 Å². The zero-order chi connectivity index (χ0) is 17.4. The van der Waals surface area contributed by atoms with Crippen molar-refractivity contribution in [2.75, 3.05) is 13.1 Å². The topological polar surface area (TPSA) is 41.1 Å². The lowest BCUT2D eigenvalue weighted by Gasteiger charge is -2.22. The van der Waals surface area contributed by atoms with E-state index in [0.717, 1.165) is 0 Å². The fraction of sp³-hybridized carbons (Fsp3) is 0.350. The predicted octanol–water partition coefficient (Wildman–Crippen LogP) is 3.47. The number of halogens is 1. The fourth-order valence-corrected chi connectivity index (χ4v) is 2.70. The Bertz CT molecular complexity index is 643. The van der Waals surface area contributed by atoms with E-state index in [1.54, 1.807) is 18.2 Å². The van der Waals surface area contributed by atoms with Gasteiger partial charge >= 0.3 is 0 Å². The molecular weight excluding hydrogens is 303 g/mol. The minimum absolute atomic E-state index is 0.0760. The Kier molecular flexibility index (Phi) is 6.94. The first kappa shape index (κ1) is 18.1. The molecule has 0 aliphatic heterocycles. The molecule has 0 saturated carbocycles. The van der Waals surface area contributed by atoms with E-state index in [9.17, 15) is 9.18 Å². The van der Waals surface area contributed by atoms with Gasteiger partial charge in [-0.2, -0.15) is 0 Å². The van der Waals surface area contributed by atoms with Crippen molar-refractivity contribution in [2.45, 2.75) is 26.3 Å². The van der Waals surface area contributed by atoms with Crippen LogP contribution in [0.25, 0.3) is 0 Å². The van der Waals surface area contributed by atoms with Gasteiger partial charge in [-0.3, -0.25) is 4.79 Å². The average Bonchev–Trinajstić information content (AvgIpc) is 2.57. The van der Waals surface area contributed by atoms with Gasteiger partial charge in [-0.1, -0.05) is 62.4 Å². The zero-order valence-electron chi connectivity index (χ0n) is 14.3. The maximum atomic E-state index is 13.5. The van der Waals surface area contributed by atoms with Crippen molar-refractivity contribution >= 4 is 5.91 Å². The Labute approximate surface area is 143 Å². The van der Waals surface area contributed by atoms with Crippen molar-refractivity contribution in [2.24, 2.45) is 5.92 Å². The minimum Gasteiger partial charge on any atom is -0.355 e. The second-order valence-corrected chi connectivity index (χ2v) is 6.20. The molecule has 3 nitrogen and oxygen atoms in total. The van der Waals surface area contributed by atoms with Gasteiger partial charge in [0.2, 0.25) is 5.91 Å². The molecule has 0 radical (unpaired) electrons. The Balaban J connectivity index is 1.78. The molecule has 0 aliphatic rings. The molecule has 4 heteroatoms. The first-order valence-electron chi connectivity index (χ1n) is 8.36. The lowest BCUT2D eigenvalue weighted by Crippen LogP contribution is -2.38. The maximum absolute atomic E-state index is 13.5. The van der Waals surface area contributed by atoms with E-state index >= 15 is 0 Å². The zero-order valence-corrected chi connectivity index (χ0v) is 14.3. The summed E-state index contributed by atoms with van der Waals surface area (Å²) in [5.74, 6) is 0.0698. The number of carbonyl (C=O) groups is 1. The SMILES string of the molecule is CC(C)[C@H](NCC(=O)NCCc1ccccc1F)c1ccccc1. The van der Waals surface area contributed by atoms with E-state index in [-0.39, 0.29) is 24.3 Å². The van der Waals surface area contributed by atoms with Crippen LogP contribution < -0.4 is 10.6 Å². The third-order valence-electron chi connectivity index (χ3n) is 3.98. The summed E-state index contributed by atoms with van der Waals surface area (Å²) in [7, 11) is 0. The Hall–Kier alpha value is -2.20. The van der Waals surface area contributed by atoms with Crippen LogP contribution in [0.1, 0.15) is 31.0 Å². The average molecular weight is 328 g/mol. The number of hydrogen-bond acceptors (Lipinski definition) is 2. The third kappa shape index (κ3) is 5.46. The normalized spacial score (nSPS) is 12.2. The third-order valence-corrected chi connectivity index (χ3v) is 3.98.